The van der Waals surface area contributed by atoms with E-state index >= 15 is 0 Å². The van der Waals surface area contributed by atoms with Crippen molar-refractivity contribution < 1.29 is 9.53 Å². The van der Waals surface area contributed by atoms with Crippen molar-refractivity contribution in [2.75, 3.05) is 39.3 Å². The van der Waals surface area contributed by atoms with Crippen molar-refractivity contribution >= 4 is 5.91 Å². The molecule has 2 saturated heterocycles. The average molecular weight is 344 g/mol. The van der Waals surface area contributed by atoms with Gasteiger partial charge >= 0.3 is 0 Å². The summed E-state index contributed by atoms with van der Waals surface area (Å²) in [5.74, 6) is 2.63. The van der Waals surface area contributed by atoms with E-state index in [-0.39, 0.29) is 5.91 Å². The van der Waals surface area contributed by atoms with Crippen molar-refractivity contribution in [1.29, 1.82) is 0 Å². The number of carbonyl (C=O) groups is 1. The van der Waals surface area contributed by atoms with E-state index in [0.717, 1.165) is 68.7 Å². The molecule has 2 aliphatic rings. The third kappa shape index (κ3) is 5.21. The van der Waals surface area contributed by atoms with Crippen LogP contribution in [-0.4, -0.2) is 55.0 Å². The first-order valence-electron chi connectivity index (χ1n) is 9.86. The Kier molecular flexibility index (Phi) is 6.35. The minimum atomic E-state index is 0.150. The number of rotatable bonds is 6. The average Bonchev–Trinajstić information content (AvgIpc) is 3.12. The molecule has 0 unspecified atom stereocenters. The minimum absolute atomic E-state index is 0.150. The van der Waals surface area contributed by atoms with Crippen LogP contribution in [0.4, 0.5) is 0 Å². The van der Waals surface area contributed by atoms with Crippen LogP contribution >= 0.6 is 0 Å². The van der Waals surface area contributed by atoms with Crippen LogP contribution in [0.1, 0.15) is 49.9 Å². The van der Waals surface area contributed by atoms with Crippen LogP contribution < -0.4 is 4.74 Å². The van der Waals surface area contributed by atoms with E-state index in [4.69, 9.17) is 4.74 Å². The highest BCUT2D eigenvalue weighted by Crippen LogP contribution is 2.21. The number of piperidine rings is 1. The fourth-order valence-electron chi connectivity index (χ4n) is 4.25. The lowest BCUT2D eigenvalue weighted by atomic mass is 9.92. The molecule has 4 heteroatoms. The quantitative estimate of drug-likeness (QED) is 0.738. The molecular weight excluding hydrogens is 312 g/mol. The topological polar surface area (TPSA) is 32.8 Å². The van der Waals surface area contributed by atoms with E-state index in [1.807, 2.05) is 29.2 Å². The normalized spacial score (nSPS) is 24.5. The molecule has 2 atom stereocenters. The first kappa shape index (κ1) is 18.2. The highest BCUT2D eigenvalue weighted by atomic mass is 16.5. The first-order chi connectivity index (χ1) is 12.1. The van der Waals surface area contributed by atoms with Gasteiger partial charge in [-0.2, -0.15) is 0 Å². The number of benzene rings is 1. The molecule has 0 spiro atoms. The maximum Gasteiger partial charge on any atom is 0.253 e. The second-order valence-corrected chi connectivity index (χ2v) is 7.93. The summed E-state index contributed by atoms with van der Waals surface area (Å²) in [5.41, 5.74) is 0.769. The Balaban J connectivity index is 1.39. The van der Waals surface area contributed by atoms with Crippen molar-refractivity contribution in [2.24, 2.45) is 11.8 Å². The lowest BCUT2D eigenvalue weighted by molar-refractivity contribution is 0.0793. The predicted molar refractivity (Wildman–Crippen MR) is 101 cm³/mol. The van der Waals surface area contributed by atoms with Crippen LogP contribution in [0.15, 0.2) is 24.3 Å². The molecule has 0 aliphatic carbocycles. The molecule has 4 nitrogen and oxygen atoms in total. The summed E-state index contributed by atoms with van der Waals surface area (Å²) < 4.78 is 5.86. The van der Waals surface area contributed by atoms with Crippen molar-refractivity contribution in [3.05, 3.63) is 29.8 Å². The summed E-state index contributed by atoms with van der Waals surface area (Å²) in [4.78, 5) is 16.8. The Bertz CT molecular complexity index is 542. The molecule has 138 valence electrons. The summed E-state index contributed by atoms with van der Waals surface area (Å²) in [6.07, 6.45) is 4.66. The molecule has 0 aromatic heterocycles. The lowest BCUT2D eigenvalue weighted by Gasteiger charge is -2.34. The maximum absolute atomic E-state index is 12.3. The minimum Gasteiger partial charge on any atom is -0.494 e. The van der Waals surface area contributed by atoms with Gasteiger partial charge in [-0.3, -0.25) is 4.79 Å². The van der Waals surface area contributed by atoms with Crippen molar-refractivity contribution in [3.8, 4) is 5.75 Å². The molecule has 0 saturated carbocycles. The van der Waals surface area contributed by atoms with E-state index in [1.165, 1.54) is 19.5 Å². The Morgan fingerprint density at radius 1 is 1.08 bits per heavy atom. The Hall–Kier alpha value is -1.55. The van der Waals surface area contributed by atoms with Crippen LogP contribution in [0.3, 0.4) is 0 Å². The second kappa shape index (κ2) is 8.70. The number of hydrogen-bond acceptors (Lipinski definition) is 3. The van der Waals surface area contributed by atoms with Gasteiger partial charge in [0.1, 0.15) is 5.75 Å². The van der Waals surface area contributed by atoms with Gasteiger partial charge in [-0.05, 0) is 61.8 Å². The molecule has 1 amide bonds. The van der Waals surface area contributed by atoms with Crippen LogP contribution in [-0.2, 0) is 0 Å². The van der Waals surface area contributed by atoms with Crippen molar-refractivity contribution in [1.82, 2.24) is 9.80 Å². The molecule has 25 heavy (non-hydrogen) atoms. The molecule has 0 bridgehead atoms. The number of hydrogen-bond donors (Lipinski definition) is 0. The van der Waals surface area contributed by atoms with Crippen LogP contribution in [0.5, 0.6) is 5.75 Å². The van der Waals surface area contributed by atoms with Crippen molar-refractivity contribution in [3.63, 3.8) is 0 Å². The number of likely N-dealkylation sites (tertiary alicyclic amines) is 2. The monoisotopic (exact) mass is 344 g/mol. The molecule has 2 heterocycles. The molecule has 1 aromatic carbocycles. The summed E-state index contributed by atoms with van der Waals surface area (Å²) >= 11 is 0. The summed E-state index contributed by atoms with van der Waals surface area (Å²) in [5, 5.41) is 0. The highest BCUT2D eigenvalue weighted by Gasteiger charge is 2.21. The Labute approximate surface area is 152 Å². The molecule has 0 N–H and O–H groups in total. The van der Waals surface area contributed by atoms with Crippen LogP contribution in [0, 0.1) is 11.8 Å². The standard InChI is InChI=1S/C21H32N2O2/c1-17-14-18(2)16-22(15-17)10-5-13-25-20-8-6-19(7-9-20)21(24)23-11-3-4-12-23/h6-9,17-18H,3-5,10-16H2,1-2H3/t17-,18-/m0/s1. The van der Waals surface area contributed by atoms with E-state index in [2.05, 4.69) is 18.7 Å². The summed E-state index contributed by atoms with van der Waals surface area (Å²) in [6, 6.07) is 7.64. The van der Waals surface area contributed by atoms with E-state index in [0.29, 0.717) is 0 Å². The van der Waals surface area contributed by atoms with Crippen LogP contribution in [0.25, 0.3) is 0 Å². The lowest BCUT2D eigenvalue weighted by Crippen LogP contribution is -2.39. The fourth-order valence-corrected chi connectivity index (χ4v) is 4.25. The zero-order valence-corrected chi connectivity index (χ0v) is 15.7. The summed E-state index contributed by atoms with van der Waals surface area (Å²) in [6.45, 7) is 10.8. The van der Waals surface area contributed by atoms with Gasteiger partial charge in [-0.1, -0.05) is 13.8 Å². The molecule has 3 rings (SSSR count). The predicted octanol–water partition coefficient (Wildman–Crippen LogP) is 3.67. The zero-order valence-electron chi connectivity index (χ0n) is 15.7. The van der Waals surface area contributed by atoms with Gasteiger partial charge in [0.05, 0.1) is 6.61 Å². The third-order valence-electron chi connectivity index (χ3n) is 5.33. The van der Waals surface area contributed by atoms with E-state index in [9.17, 15) is 4.79 Å². The van der Waals surface area contributed by atoms with Gasteiger partial charge in [0, 0.05) is 38.3 Å². The molecule has 2 fully saturated rings. The number of amides is 1. The van der Waals surface area contributed by atoms with E-state index < -0.39 is 0 Å². The molecule has 0 radical (unpaired) electrons. The first-order valence-corrected chi connectivity index (χ1v) is 9.86. The Morgan fingerprint density at radius 2 is 1.72 bits per heavy atom. The third-order valence-corrected chi connectivity index (χ3v) is 5.33. The molecule has 1 aromatic rings. The highest BCUT2D eigenvalue weighted by molar-refractivity contribution is 5.94. The zero-order chi connectivity index (χ0) is 17.6. The van der Waals surface area contributed by atoms with Gasteiger partial charge in [0.15, 0.2) is 0 Å². The van der Waals surface area contributed by atoms with Crippen molar-refractivity contribution in [2.45, 2.75) is 39.5 Å². The SMILES string of the molecule is C[C@H]1C[C@H](C)CN(CCCOc2ccc(C(=O)N3CCCC3)cc2)C1. The molecular formula is C21H32N2O2. The summed E-state index contributed by atoms with van der Waals surface area (Å²) in [7, 11) is 0. The van der Waals surface area contributed by atoms with Gasteiger partial charge in [-0.25, -0.2) is 0 Å². The largest absolute Gasteiger partial charge is 0.494 e. The van der Waals surface area contributed by atoms with Gasteiger partial charge in [0.2, 0.25) is 0 Å². The number of nitrogens with zero attached hydrogens (tertiary/aromatic N) is 2. The van der Waals surface area contributed by atoms with E-state index in [1.54, 1.807) is 0 Å². The Morgan fingerprint density at radius 3 is 2.36 bits per heavy atom. The fraction of sp³-hybridized carbons (Fsp3) is 0.667. The number of carbonyl (C=O) groups excluding carboxylic acids is 1. The second-order valence-electron chi connectivity index (χ2n) is 7.93. The number of ether oxygens (including phenoxy) is 1. The smallest absolute Gasteiger partial charge is 0.253 e. The van der Waals surface area contributed by atoms with Crippen LogP contribution in [0.2, 0.25) is 0 Å². The van der Waals surface area contributed by atoms with Gasteiger partial charge in [-0.15, -0.1) is 0 Å². The van der Waals surface area contributed by atoms with Gasteiger partial charge in [0.25, 0.3) is 5.91 Å². The maximum atomic E-state index is 12.3. The van der Waals surface area contributed by atoms with Gasteiger partial charge < -0.3 is 14.5 Å². The molecule has 2 aliphatic heterocycles.